The molecule has 0 bridgehead atoms. The summed E-state index contributed by atoms with van der Waals surface area (Å²) in [5.41, 5.74) is 1.84. The number of rotatable bonds is 7. The Balaban J connectivity index is 1.47. The maximum absolute atomic E-state index is 12.8. The van der Waals surface area contributed by atoms with E-state index in [-0.39, 0.29) is 18.0 Å². The van der Waals surface area contributed by atoms with Gasteiger partial charge in [0, 0.05) is 42.7 Å². The van der Waals surface area contributed by atoms with E-state index >= 15 is 0 Å². The van der Waals surface area contributed by atoms with Crippen LogP contribution in [0.3, 0.4) is 0 Å². The molecule has 2 atom stereocenters. The van der Waals surface area contributed by atoms with Crippen molar-refractivity contribution < 1.29 is 9.53 Å². The molecule has 1 saturated heterocycles. The quantitative estimate of drug-likeness (QED) is 0.596. The molecule has 0 aliphatic carbocycles. The second-order valence-corrected chi connectivity index (χ2v) is 8.76. The molecule has 162 valence electrons. The smallest absolute Gasteiger partial charge is 0.251 e. The number of anilines is 1. The summed E-state index contributed by atoms with van der Waals surface area (Å²) in [6.07, 6.45) is 0. The van der Waals surface area contributed by atoms with Crippen molar-refractivity contribution in [1.82, 2.24) is 10.2 Å². The SMILES string of the molecule is COc1ccccc1N1CCN(C(c2cccs2)C(C)NC(=O)c2ccccc2)CC1. The molecule has 1 fully saturated rings. The van der Waals surface area contributed by atoms with E-state index in [2.05, 4.69) is 51.7 Å². The molecule has 0 spiro atoms. The van der Waals surface area contributed by atoms with Gasteiger partial charge < -0.3 is 15.0 Å². The highest BCUT2D eigenvalue weighted by Gasteiger charge is 2.31. The summed E-state index contributed by atoms with van der Waals surface area (Å²) in [6, 6.07) is 22.0. The number of hydrogen-bond donors (Lipinski definition) is 1. The third kappa shape index (κ3) is 4.92. The predicted molar refractivity (Wildman–Crippen MR) is 127 cm³/mol. The van der Waals surface area contributed by atoms with Crippen LogP contribution in [0.1, 0.15) is 28.2 Å². The zero-order valence-corrected chi connectivity index (χ0v) is 18.8. The van der Waals surface area contributed by atoms with Crippen molar-refractivity contribution in [2.45, 2.75) is 19.0 Å². The third-order valence-electron chi connectivity index (χ3n) is 5.84. The molecular weight excluding hydrogens is 406 g/mol. The molecule has 5 nitrogen and oxygen atoms in total. The van der Waals surface area contributed by atoms with Crippen molar-refractivity contribution in [3.63, 3.8) is 0 Å². The standard InChI is InChI=1S/C25H29N3O2S/c1-19(26-25(29)20-9-4-3-5-10-20)24(23-13-8-18-31-23)28-16-14-27(15-17-28)21-11-6-7-12-22(21)30-2/h3-13,18-19,24H,14-17H2,1-2H3,(H,26,29). The monoisotopic (exact) mass is 435 g/mol. The van der Waals surface area contributed by atoms with Crippen molar-refractivity contribution in [1.29, 1.82) is 0 Å². The second-order valence-electron chi connectivity index (χ2n) is 7.78. The van der Waals surface area contributed by atoms with Gasteiger partial charge in [-0.15, -0.1) is 11.3 Å². The van der Waals surface area contributed by atoms with E-state index in [0.29, 0.717) is 5.56 Å². The van der Waals surface area contributed by atoms with Crippen LogP contribution in [0.2, 0.25) is 0 Å². The number of para-hydroxylation sites is 2. The van der Waals surface area contributed by atoms with E-state index in [1.54, 1.807) is 18.4 Å². The summed E-state index contributed by atoms with van der Waals surface area (Å²) in [7, 11) is 1.72. The Bertz CT molecular complexity index is 969. The predicted octanol–water partition coefficient (Wildman–Crippen LogP) is 4.44. The first-order chi connectivity index (χ1) is 15.2. The number of ether oxygens (including phenoxy) is 1. The minimum Gasteiger partial charge on any atom is -0.495 e. The van der Waals surface area contributed by atoms with Crippen molar-refractivity contribution >= 4 is 22.9 Å². The van der Waals surface area contributed by atoms with Crippen LogP contribution >= 0.6 is 11.3 Å². The summed E-state index contributed by atoms with van der Waals surface area (Å²) < 4.78 is 5.55. The lowest BCUT2D eigenvalue weighted by Gasteiger charge is -2.42. The van der Waals surface area contributed by atoms with Crippen LogP contribution in [0.15, 0.2) is 72.1 Å². The lowest BCUT2D eigenvalue weighted by Crippen LogP contribution is -2.52. The van der Waals surface area contributed by atoms with Gasteiger partial charge in [-0.25, -0.2) is 0 Å². The van der Waals surface area contributed by atoms with Gasteiger partial charge in [0.05, 0.1) is 18.8 Å². The van der Waals surface area contributed by atoms with Crippen LogP contribution < -0.4 is 15.0 Å². The van der Waals surface area contributed by atoms with E-state index in [9.17, 15) is 4.79 Å². The first-order valence-electron chi connectivity index (χ1n) is 10.7. The molecule has 1 aliphatic heterocycles. The highest BCUT2D eigenvalue weighted by atomic mass is 32.1. The topological polar surface area (TPSA) is 44.8 Å². The van der Waals surface area contributed by atoms with Crippen molar-refractivity contribution in [2.75, 3.05) is 38.2 Å². The fraction of sp³-hybridized carbons (Fsp3) is 0.320. The first-order valence-corrected chi connectivity index (χ1v) is 11.6. The number of methoxy groups -OCH3 is 1. The number of piperazine rings is 1. The van der Waals surface area contributed by atoms with Crippen LogP contribution in [-0.2, 0) is 0 Å². The molecule has 0 saturated carbocycles. The molecule has 2 unspecified atom stereocenters. The van der Waals surface area contributed by atoms with E-state index in [1.165, 1.54) is 4.88 Å². The largest absolute Gasteiger partial charge is 0.495 e. The van der Waals surface area contributed by atoms with Gasteiger partial charge in [0.25, 0.3) is 5.91 Å². The average Bonchev–Trinajstić information content (AvgIpc) is 3.34. The summed E-state index contributed by atoms with van der Waals surface area (Å²) in [5, 5.41) is 5.35. The molecule has 3 aromatic rings. The van der Waals surface area contributed by atoms with Crippen molar-refractivity contribution in [3.05, 3.63) is 82.6 Å². The number of hydrogen-bond acceptors (Lipinski definition) is 5. The van der Waals surface area contributed by atoms with E-state index in [4.69, 9.17) is 4.74 Å². The highest BCUT2D eigenvalue weighted by molar-refractivity contribution is 7.10. The van der Waals surface area contributed by atoms with Crippen LogP contribution in [-0.4, -0.2) is 50.1 Å². The highest BCUT2D eigenvalue weighted by Crippen LogP contribution is 2.32. The van der Waals surface area contributed by atoms with Gasteiger partial charge in [0.2, 0.25) is 0 Å². The Morgan fingerprint density at radius 3 is 2.35 bits per heavy atom. The Kier molecular flexibility index (Phi) is 6.89. The minimum atomic E-state index is -0.0256. The zero-order chi connectivity index (χ0) is 21.6. The van der Waals surface area contributed by atoms with Crippen molar-refractivity contribution in [3.8, 4) is 5.75 Å². The van der Waals surface area contributed by atoms with Crippen LogP contribution in [0.5, 0.6) is 5.75 Å². The van der Waals surface area contributed by atoms with E-state index in [0.717, 1.165) is 37.6 Å². The van der Waals surface area contributed by atoms with Crippen LogP contribution in [0.25, 0.3) is 0 Å². The number of amides is 1. The number of carbonyl (C=O) groups is 1. The lowest BCUT2D eigenvalue weighted by atomic mass is 10.0. The molecule has 1 amide bonds. The van der Waals surface area contributed by atoms with Gasteiger partial charge in [0.15, 0.2) is 0 Å². The molecule has 0 radical (unpaired) electrons. The molecular formula is C25H29N3O2S. The molecule has 4 rings (SSSR count). The number of nitrogens with one attached hydrogen (secondary N) is 1. The molecule has 2 heterocycles. The normalized spacial score (nSPS) is 16.5. The molecule has 1 N–H and O–H groups in total. The van der Waals surface area contributed by atoms with Crippen LogP contribution in [0.4, 0.5) is 5.69 Å². The summed E-state index contributed by atoms with van der Waals surface area (Å²) in [5.74, 6) is 0.886. The molecule has 1 aromatic heterocycles. The zero-order valence-electron chi connectivity index (χ0n) is 18.0. The van der Waals surface area contributed by atoms with Crippen molar-refractivity contribution in [2.24, 2.45) is 0 Å². The maximum atomic E-state index is 12.8. The number of carbonyl (C=O) groups excluding carboxylic acids is 1. The summed E-state index contributed by atoms with van der Waals surface area (Å²) in [6.45, 7) is 5.79. The maximum Gasteiger partial charge on any atom is 0.251 e. The van der Waals surface area contributed by atoms with Gasteiger partial charge in [-0.05, 0) is 42.6 Å². The van der Waals surface area contributed by atoms with E-state index in [1.807, 2.05) is 42.5 Å². The molecule has 31 heavy (non-hydrogen) atoms. The second kappa shape index (κ2) is 9.98. The van der Waals surface area contributed by atoms with Crippen LogP contribution in [0, 0.1) is 0 Å². The number of thiophene rings is 1. The summed E-state index contributed by atoms with van der Waals surface area (Å²) in [4.78, 5) is 18.9. The molecule has 1 aliphatic rings. The minimum absolute atomic E-state index is 0.0100. The summed E-state index contributed by atoms with van der Waals surface area (Å²) >= 11 is 1.75. The third-order valence-corrected chi connectivity index (χ3v) is 6.78. The molecule has 2 aromatic carbocycles. The van der Waals surface area contributed by atoms with Gasteiger partial charge >= 0.3 is 0 Å². The number of benzene rings is 2. The fourth-order valence-electron chi connectivity index (χ4n) is 4.29. The number of nitrogens with zero attached hydrogens (tertiary/aromatic N) is 2. The Hall–Kier alpha value is -2.83. The van der Waals surface area contributed by atoms with Gasteiger partial charge in [-0.1, -0.05) is 36.4 Å². The van der Waals surface area contributed by atoms with Gasteiger partial charge in [-0.2, -0.15) is 0 Å². The van der Waals surface area contributed by atoms with Gasteiger partial charge in [-0.3, -0.25) is 9.69 Å². The van der Waals surface area contributed by atoms with Gasteiger partial charge in [0.1, 0.15) is 5.75 Å². The fourth-order valence-corrected chi connectivity index (χ4v) is 5.26. The Morgan fingerprint density at radius 1 is 0.968 bits per heavy atom. The van der Waals surface area contributed by atoms with E-state index < -0.39 is 0 Å². The Morgan fingerprint density at radius 2 is 1.68 bits per heavy atom. The first kappa shape index (κ1) is 21.4. The Labute approximate surface area is 188 Å². The lowest BCUT2D eigenvalue weighted by molar-refractivity contribution is 0.0890. The molecule has 6 heteroatoms. The average molecular weight is 436 g/mol.